The van der Waals surface area contributed by atoms with Gasteiger partial charge >= 0.3 is 0 Å². The van der Waals surface area contributed by atoms with E-state index < -0.39 is 0 Å². The first kappa shape index (κ1) is 23.4. The van der Waals surface area contributed by atoms with Crippen LogP contribution in [0.4, 0.5) is 0 Å². The highest BCUT2D eigenvalue weighted by Crippen LogP contribution is 2.48. The molecule has 3 heterocycles. The van der Waals surface area contributed by atoms with Crippen LogP contribution in [0.1, 0.15) is 46.9 Å². The number of benzene rings is 2. The van der Waals surface area contributed by atoms with E-state index in [9.17, 15) is 9.59 Å². The third-order valence-corrected chi connectivity index (χ3v) is 9.11. The molecule has 36 heavy (non-hydrogen) atoms. The lowest BCUT2D eigenvalue weighted by Gasteiger charge is -2.42. The average Bonchev–Trinajstić information content (AvgIpc) is 3.58. The lowest BCUT2D eigenvalue weighted by molar-refractivity contribution is -0.144. The molecule has 5 nitrogen and oxygen atoms in total. The molecule has 6 rings (SSSR count). The summed E-state index contributed by atoms with van der Waals surface area (Å²) in [6.45, 7) is 5.23. The van der Waals surface area contributed by atoms with Gasteiger partial charge in [-0.1, -0.05) is 60.7 Å². The van der Waals surface area contributed by atoms with Crippen molar-refractivity contribution >= 4 is 23.2 Å². The van der Waals surface area contributed by atoms with E-state index >= 15 is 0 Å². The third kappa shape index (κ3) is 4.48. The molecule has 186 valence electrons. The van der Waals surface area contributed by atoms with Gasteiger partial charge in [0.2, 0.25) is 11.8 Å². The zero-order valence-electron chi connectivity index (χ0n) is 20.8. The monoisotopic (exact) mass is 499 g/mol. The number of carbonyl (C=O) groups is 2. The van der Waals surface area contributed by atoms with Gasteiger partial charge in [-0.15, -0.1) is 11.3 Å². The highest BCUT2D eigenvalue weighted by atomic mass is 32.1. The first-order valence-electron chi connectivity index (χ1n) is 13.1. The number of piperazine rings is 1. The molecule has 0 radical (unpaired) electrons. The minimum absolute atomic E-state index is 0.0435. The van der Waals surface area contributed by atoms with E-state index in [1.165, 1.54) is 21.6 Å². The van der Waals surface area contributed by atoms with Crippen molar-refractivity contribution in [2.24, 2.45) is 5.92 Å². The van der Waals surface area contributed by atoms with Gasteiger partial charge in [-0.2, -0.15) is 0 Å². The molecule has 1 aromatic heterocycles. The molecule has 0 bridgehead atoms. The van der Waals surface area contributed by atoms with Crippen LogP contribution in [-0.4, -0.2) is 65.3 Å². The highest BCUT2D eigenvalue weighted by molar-refractivity contribution is 7.10. The van der Waals surface area contributed by atoms with Crippen LogP contribution in [0, 0.1) is 5.92 Å². The molecule has 3 aliphatic rings. The lowest BCUT2D eigenvalue weighted by atomic mass is 9.93. The molecule has 6 heteroatoms. The maximum absolute atomic E-state index is 13.5. The number of nitrogens with zero attached hydrogens (tertiary/aromatic N) is 3. The zero-order chi connectivity index (χ0) is 24.6. The maximum atomic E-state index is 13.5. The predicted octanol–water partition coefficient (Wildman–Crippen LogP) is 4.56. The Hall–Kier alpha value is -2.96. The largest absolute Gasteiger partial charge is 0.338 e. The molecule has 2 fully saturated rings. The second kappa shape index (κ2) is 9.83. The first-order chi connectivity index (χ1) is 17.6. The van der Waals surface area contributed by atoms with Crippen LogP contribution in [0.25, 0.3) is 0 Å². The summed E-state index contributed by atoms with van der Waals surface area (Å²) in [7, 11) is 0. The lowest BCUT2D eigenvalue weighted by Crippen LogP contribution is -2.57. The van der Waals surface area contributed by atoms with E-state index in [4.69, 9.17) is 0 Å². The first-order valence-corrected chi connectivity index (χ1v) is 14.0. The summed E-state index contributed by atoms with van der Waals surface area (Å²) in [5.74, 6) is 0.870. The molecule has 2 amide bonds. The van der Waals surface area contributed by atoms with Crippen molar-refractivity contribution in [3.05, 3.63) is 93.7 Å². The number of rotatable bonds is 5. The van der Waals surface area contributed by atoms with Crippen LogP contribution in [0.15, 0.2) is 72.1 Å². The summed E-state index contributed by atoms with van der Waals surface area (Å²) in [4.78, 5) is 34.5. The number of fused-ring (bicyclic) bond motifs is 1. The van der Waals surface area contributed by atoms with Crippen molar-refractivity contribution in [2.45, 2.75) is 37.8 Å². The summed E-state index contributed by atoms with van der Waals surface area (Å²) in [6, 6.07) is 23.3. The molecule has 1 aliphatic carbocycles. The average molecular weight is 500 g/mol. The molecule has 1 saturated carbocycles. The summed E-state index contributed by atoms with van der Waals surface area (Å²) >= 11 is 1.82. The van der Waals surface area contributed by atoms with Crippen LogP contribution in [0.2, 0.25) is 0 Å². The van der Waals surface area contributed by atoms with Gasteiger partial charge in [-0.05, 0) is 53.8 Å². The molecule has 0 N–H and O–H groups in total. The summed E-state index contributed by atoms with van der Waals surface area (Å²) in [5.41, 5.74) is 3.85. The number of hydrogen-bond donors (Lipinski definition) is 0. The third-order valence-electron chi connectivity index (χ3n) is 8.12. The highest BCUT2D eigenvalue weighted by Gasteiger charge is 2.47. The Morgan fingerprint density at radius 2 is 1.64 bits per heavy atom. The number of amides is 2. The second-order valence-electron chi connectivity index (χ2n) is 10.4. The Labute approximate surface area is 217 Å². The fourth-order valence-electron chi connectivity index (χ4n) is 6.10. The minimum Gasteiger partial charge on any atom is -0.338 e. The quantitative estimate of drug-likeness (QED) is 0.517. The Morgan fingerprint density at radius 3 is 2.36 bits per heavy atom. The Morgan fingerprint density at radius 1 is 0.917 bits per heavy atom. The van der Waals surface area contributed by atoms with E-state index in [1.807, 2.05) is 45.4 Å². The zero-order valence-corrected chi connectivity index (χ0v) is 21.6. The van der Waals surface area contributed by atoms with Gasteiger partial charge < -0.3 is 9.80 Å². The molecule has 0 spiro atoms. The Kier molecular flexibility index (Phi) is 6.40. The molecule has 2 aromatic carbocycles. The van der Waals surface area contributed by atoms with Crippen LogP contribution >= 0.6 is 11.3 Å². The SMILES string of the molecule is C[C@@H]1CN(C(=O)CN2CCc3sccc3[C@@H]2c2ccccc2)CCN1C(=O)[C@H]1C[C@H]1c1ccccc1. The van der Waals surface area contributed by atoms with Crippen molar-refractivity contribution in [3.8, 4) is 0 Å². The van der Waals surface area contributed by atoms with Crippen molar-refractivity contribution in [1.29, 1.82) is 0 Å². The van der Waals surface area contributed by atoms with Crippen molar-refractivity contribution in [1.82, 2.24) is 14.7 Å². The fraction of sp³-hybridized carbons (Fsp3) is 0.400. The normalized spacial score (nSPS) is 25.9. The van der Waals surface area contributed by atoms with Crippen LogP contribution < -0.4 is 0 Å². The van der Waals surface area contributed by atoms with Crippen molar-refractivity contribution < 1.29 is 9.59 Å². The van der Waals surface area contributed by atoms with E-state index in [-0.39, 0.29) is 29.8 Å². The van der Waals surface area contributed by atoms with Crippen LogP contribution in [0.3, 0.4) is 0 Å². The van der Waals surface area contributed by atoms with Gasteiger partial charge in [0, 0.05) is 43.0 Å². The van der Waals surface area contributed by atoms with Gasteiger partial charge in [-0.25, -0.2) is 0 Å². The standard InChI is InChI=1S/C30H33N3O2S/c1-21-19-31(15-16-33(21)30(35)26-18-25(26)22-8-4-2-5-9-22)28(34)20-32-14-12-27-24(13-17-36-27)29(32)23-10-6-3-7-11-23/h2-11,13,17,21,25-26,29H,12,14-16,18-20H2,1H3/t21-,25+,26+,29+/m1/s1. The van der Waals surface area contributed by atoms with Gasteiger partial charge in [0.25, 0.3) is 0 Å². The Balaban J connectivity index is 1.09. The molecule has 3 aromatic rings. The number of carbonyl (C=O) groups excluding carboxylic acids is 2. The summed E-state index contributed by atoms with van der Waals surface area (Å²) in [6.07, 6.45) is 1.93. The number of thiophene rings is 1. The topological polar surface area (TPSA) is 43.9 Å². The summed E-state index contributed by atoms with van der Waals surface area (Å²) < 4.78 is 0. The van der Waals surface area contributed by atoms with E-state index in [0.717, 1.165) is 19.4 Å². The predicted molar refractivity (Wildman–Crippen MR) is 143 cm³/mol. The molecular formula is C30H33N3O2S. The smallest absolute Gasteiger partial charge is 0.236 e. The van der Waals surface area contributed by atoms with E-state index in [2.05, 4.69) is 59.7 Å². The van der Waals surface area contributed by atoms with Gasteiger partial charge in [0.1, 0.15) is 0 Å². The number of hydrogen-bond acceptors (Lipinski definition) is 4. The molecular weight excluding hydrogens is 466 g/mol. The van der Waals surface area contributed by atoms with Crippen LogP contribution in [-0.2, 0) is 16.0 Å². The molecule has 2 aliphatic heterocycles. The molecule has 0 unspecified atom stereocenters. The maximum Gasteiger partial charge on any atom is 0.236 e. The molecule has 1 saturated heterocycles. The van der Waals surface area contributed by atoms with Crippen molar-refractivity contribution in [3.63, 3.8) is 0 Å². The van der Waals surface area contributed by atoms with E-state index in [1.54, 1.807) is 0 Å². The fourth-order valence-corrected chi connectivity index (χ4v) is 7.00. The second-order valence-corrected chi connectivity index (χ2v) is 11.4. The Bertz CT molecular complexity index is 1230. The van der Waals surface area contributed by atoms with Crippen molar-refractivity contribution in [2.75, 3.05) is 32.7 Å². The minimum atomic E-state index is 0.0435. The van der Waals surface area contributed by atoms with Crippen LogP contribution in [0.5, 0.6) is 0 Å². The van der Waals surface area contributed by atoms with Gasteiger partial charge in [-0.3, -0.25) is 14.5 Å². The summed E-state index contributed by atoms with van der Waals surface area (Å²) in [5, 5.41) is 2.17. The van der Waals surface area contributed by atoms with E-state index in [0.29, 0.717) is 32.1 Å². The molecule has 4 atom stereocenters. The van der Waals surface area contributed by atoms with Gasteiger partial charge in [0.05, 0.1) is 12.6 Å². The van der Waals surface area contributed by atoms with Gasteiger partial charge in [0.15, 0.2) is 0 Å².